The number of anilines is 1. The number of hydrogen-bond acceptors (Lipinski definition) is 1. The molecule has 3 rings (SSSR count). The van der Waals surface area contributed by atoms with Gasteiger partial charge in [0, 0.05) is 24.1 Å². The Morgan fingerprint density at radius 3 is 1.66 bits per heavy atom. The highest BCUT2D eigenvalue weighted by molar-refractivity contribution is 5.64. The van der Waals surface area contributed by atoms with Crippen LogP contribution in [0.25, 0.3) is 0 Å². The molecule has 2 aliphatic carbocycles. The minimum Gasteiger partial charge on any atom is -0.364 e. The largest absolute Gasteiger partial charge is 0.364 e. The van der Waals surface area contributed by atoms with Crippen LogP contribution in [0.5, 0.6) is 0 Å². The smallest absolute Gasteiger partial charge is 0.0438 e. The van der Waals surface area contributed by atoms with E-state index in [1.807, 2.05) is 53.7 Å². The molecule has 200 valence electrons. The van der Waals surface area contributed by atoms with Crippen LogP contribution in [0.3, 0.4) is 0 Å². The Bertz CT molecular complexity index is 989. The lowest BCUT2D eigenvalue weighted by Crippen LogP contribution is -2.47. The molecule has 2 saturated carbocycles. The highest BCUT2D eigenvalue weighted by Crippen LogP contribution is 2.52. The van der Waals surface area contributed by atoms with Gasteiger partial charge in [-0.3, -0.25) is 0 Å². The van der Waals surface area contributed by atoms with E-state index in [1.165, 1.54) is 32.1 Å². The molecule has 1 nitrogen and oxygen atoms in total. The molecular formula is C34H59N. The van der Waals surface area contributed by atoms with Gasteiger partial charge >= 0.3 is 0 Å². The maximum atomic E-state index is 9.80. The topological polar surface area (TPSA) is 3.24 Å². The number of rotatable bonds is 5. The molecule has 1 heteroatoms. The Kier molecular flexibility index (Phi) is 6.56. The summed E-state index contributed by atoms with van der Waals surface area (Å²) in [7, 11) is 0. The van der Waals surface area contributed by atoms with Crippen LogP contribution < -0.4 is 4.90 Å². The quantitative estimate of drug-likeness (QED) is 0.400. The number of benzene rings is 1. The molecule has 2 fully saturated rings. The Balaban J connectivity index is 2.39. The Hall–Kier alpha value is -0.980. The molecule has 2 aliphatic rings. The average Bonchev–Trinajstić information content (AvgIpc) is 2.79. The fourth-order valence-electron chi connectivity index (χ4n) is 6.64. The van der Waals surface area contributed by atoms with E-state index in [0.29, 0.717) is 22.2 Å². The van der Waals surface area contributed by atoms with Crippen LogP contribution in [0, 0.1) is 16.2 Å². The first-order valence-corrected chi connectivity index (χ1v) is 14.4. The van der Waals surface area contributed by atoms with Crippen molar-refractivity contribution >= 4 is 5.69 Å². The molecule has 0 heterocycles. The molecule has 1 aromatic carbocycles. The molecule has 0 N–H and O–H groups in total. The van der Waals surface area contributed by atoms with Crippen molar-refractivity contribution in [1.82, 2.24) is 0 Å². The van der Waals surface area contributed by atoms with Crippen molar-refractivity contribution < 1.29 is 6.85 Å². The van der Waals surface area contributed by atoms with Crippen molar-refractivity contribution in [3.05, 3.63) is 28.8 Å². The van der Waals surface area contributed by atoms with Gasteiger partial charge in [-0.2, -0.15) is 0 Å². The van der Waals surface area contributed by atoms with Gasteiger partial charge in [0.05, 0.1) is 0 Å². The molecule has 0 atom stereocenters. The molecule has 1 aromatic rings. The van der Waals surface area contributed by atoms with Gasteiger partial charge in [-0.1, -0.05) is 72.9 Å². The SMILES string of the molecule is [2H]C1(c2cc(C([2H])([2H])C(C)(C)C)c(N(C(C)C)C(C)(C)C)c(C([2H])([2H])C(C)(C)C)c2)CCC2(CCCCC2)CC1. The zero-order valence-electron chi connectivity index (χ0n) is 30.0. The zero-order valence-corrected chi connectivity index (χ0v) is 25.0. The van der Waals surface area contributed by atoms with E-state index in [0.717, 1.165) is 31.2 Å². The maximum Gasteiger partial charge on any atom is 0.0438 e. The van der Waals surface area contributed by atoms with Crippen molar-refractivity contribution in [2.45, 2.75) is 164 Å². The van der Waals surface area contributed by atoms with E-state index < -0.39 is 29.5 Å². The van der Waals surface area contributed by atoms with Crippen molar-refractivity contribution in [2.75, 3.05) is 4.90 Å². The summed E-state index contributed by atoms with van der Waals surface area (Å²) in [6.07, 6.45) is 6.58. The van der Waals surface area contributed by atoms with Crippen LogP contribution in [0.4, 0.5) is 5.69 Å². The fraction of sp³-hybridized carbons (Fsp3) is 0.824. The van der Waals surface area contributed by atoms with Crippen molar-refractivity contribution in [2.24, 2.45) is 16.2 Å². The highest BCUT2D eigenvalue weighted by Gasteiger charge is 2.37. The third kappa shape index (κ3) is 7.52. The van der Waals surface area contributed by atoms with E-state index in [-0.39, 0.29) is 11.6 Å². The molecule has 0 aromatic heterocycles. The summed E-state index contributed by atoms with van der Waals surface area (Å²) in [5.74, 6) is -0.836. The van der Waals surface area contributed by atoms with Crippen molar-refractivity contribution in [1.29, 1.82) is 0 Å². The van der Waals surface area contributed by atoms with Gasteiger partial charge in [0.25, 0.3) is 0 Å². The molecule has 0 saturated heterocycles. The second-order valence-corrected chi connectivity index (χ2v) is 15.0. The second kappa shape index (κ2) is 10.4. The fourth-order valence-corrected chi connectivity index (χ4v) is 6.64. The predicted molar refractivity (Wildman–Crippen MR) is 157 cm³/mol. The van der Waals surface area contributed by atoms with Gasteiger partial charge in [-0.25, -0.2) is 0 Å². The van der Waals surface area contributed by atoms with E-state index >= 15 is 0 Å². The Morgan fingerprint density at radius 1 is 0.829 bits per heavy atom. The summed E-state index contributed by atoms with van der Waals surface area (Å²) >= 11 is 0. The minimum absolute atomic E-state index is 0.0284. The second-order valence-electron chi connectivity index (χ2n) is 15.0. The standard InChI is InChI=1S/C34H59N/c1-25(2)35(33(9,10)11)30-28(23-31(3,4)5)21-27(22-29(30)24-32(6,7)8)26-15-19-34(20-16-26)17-13-12-14-18-34/h21-22,25-26H,12-20,23-24H2,1-11H3/i23D2,24D2,26D. The molecule has 1 spiro atoms. The molecule has 0 bridgehead atoms. The lowest BCUT2D eigenvalue weighted by atomic mass is 9.62. The Morgan fingerprint density at radius 2 is 1.29 bits per heavy atom. The summed E-state index contributed by atoms with van der Waals surface area (Å²) in [5.41, 5.74) is 1.11. The minimum atomic E-state index is -1.74. The first-order chi connectivity index (χ1) is 17.9. The van der Waals surface area contributed by atoms with Gasteiger partial charge in [-0.15, -0.1) is 0 Å². The van der Waals surface area contributed by atoms with Gasteiger partial charge in [0.15, 0.2) is 0 Å². The molecule has 0 amide bonds. The van der Waals surface area contributed by atoms with Crippen LogP contribution in [0.2, 0.25) is 0 Å². The predicted octanol–water partition coefficient (Wildman–Crippen LogP) is 10.5. The number of nitrogens with zero attached hydrogens (tertiary/aromatic N) is 1. The molecule has 0 radical (unpaired) electrons. The first-order valence-electron chi connectivity index (χ1n) is 16.9. The molecule has 0 unspecified atom stereocenters. The number of hydrogen-bond donors (Lipinski definition) is 0. The van der Waals surface area contributed by atoms with Crippen LogP contribution >= 0.6 is 0 Å². The van der Waals surface area contributed by atoms with Crippen molar-refractivity contribution in [3.63, 3.8) is 0 Å². The van der Waals surface area contributed by atoms with Crippen LogP contribution in [0.15, 0.2) is 12.1 Å². The van der Waals surface area contributed by atoms with E-state index in [1.54, 1.807) is 0 Å². The maximum absolute atomic E-state index is 9.80. The summed E-state index contributed by atoms with van der Waals surface area (Å²) in [6.45, 7) is 22.2. The summed E-state index contributed by atoms with van der Waals surface area (Å²) < 4.78 is 48.0. The summed E-state index contributed by atoms with van der Waals surface area (Å²) in [6, 6.07) is 3.99. The van der Waals surface area contributed by atoms with Crippen LogP contribution in [0.1, 0.15) is 163 Å². The Labute approximate surface area is 226 Å². The first kappa shape index (κ1) is 22.0. The van der Waals surface area contributed by atoms with E-state index in [9.17, 15) is 6.85 Å². The highest BCUT2D eigenvalue weighted by atomic mass is 15.2. The van der Waals surface area contributed by atoms with Gasteiger partial charge < -0.3 is 4.90 Å². The average molecular weight is 487 g/mol. The zero-order chi connectivity index (χ0) is 30.7. The van der Waals surface area contributed by atoms with Crippen molar-refractivity contribution in [3.8, 4) is 0 Å². The van der Waals surface area contributed by atoms with Crippen LogP contribution in [-0.2, 0) is 12.7 Å². The summed E-state index contributed by atoms with van der Waals surface area (Å²) in [5, 5.41) is 0. The molecular weight excluding hydrogens is 422 g/mol. The summed E-state index contributed by atoms with van der Waals surface area (Å²) in [4.78, 5) is 2.23. The van der Waals surface area contributed by atoms with Gasteiger partial charge in [-0.05, 0) is 125 Å². The molecule has 35 heavy (non-hydrogen) atoms. The monoisotopic (exact) mass is 486 g/mol. The molecule has 0 aliphatic heterocycles. The third-order valence-corrected chi connectivity index (χ3v) is 7.85. The van der Waals surface area contributed by atoms with E-state index in [4.69, 9.17) is 0 Å². The lowest BCUT2D eigenvalue weighted by molar-refractivity contribution is 0.114. The van der Waals surface area contributed by atoms with Gasteiger partial charge in [0.1, 0.15) is 0 Å². The third-order valence-electron chi connectivity index (χ3n) is 7.85. The normalized spacial score (nSPS) is 23.8. The van der Waals surface area contributed by atoms with Crippen LogP contribution in [-0.4, -0.2) is 11.6 Å². The van der Waals surface area contributed by atoms with E-state index in [2.05, 4.69) is 39.5 Å². The van der Waals surface area contributed by atoms with Gasteiger partial charge in [0.2, 0.25) is 0 Å². The lowest BCUT2D eigenvalue weighted by Gasteiger charge is -2.45.